The Balaban J connectivity index is 2.72. The van der Waals surface area contributed by atoms with Crippen molar-refractivity contribution in [2.45, 2.75) is 0 Å². The highest BCUT2D eigenvalue weighted by atomic mass is 16.2. The zero-order valence-electron chi connectivity index (χ0n) is 7.81. The zero-order valence-corrected chi connectivity index (χ0v) is 7.81. The van der Waals surface area contributed by atoms with Crippen LogP contribution in [0.15, 0.2) is 30.3 Å². The molecule has 1 aromatic rings. The van der Waals surface area contributed by atoms with E-state index in [2.05, 4.69) is 5.32 Å². The smallest absolute Gasteiger partial charge is 0.251 e. The fourth-order valence-corrected chi connectivity index (χ4v) is 0.987. The first-order valence-corrected chi connectivity index (χ1v) is 4.20. The van der Waals surface area contributed by atoms with E-state index in [1.54, 1.807) is 30.3 Å². The lowest BCUT2D eigenvalue weighted by molar-refractivity contribution is -0.128. The number of nitrogens with zero attached hydrogens (tertiary/aromatic N) is 1. The van der Waals surface area contributed by atoms with E-state index < -0.39 is 17.7 Å². The fraction of sp³-hybridized carbons (Fsp3) is 0.100. The highest BCUT2D eigenvalue weighted by Gasteiger charge is 2.23. The van der Waals surface area contributed by atoms with Crippen LogP contribution in [-0.4, -0.2) is 11.8 Å². The van der Waals surface area contributed by atoms with E-state index in [9.17, 15) is 9.59 Å². The molecule has 0 saturated heterocycles. The van der Waals surface area contributed by atoms with Crippen molar-refractivity contribution in [2.75, 3.05) is 5.32 Å². The Morgan fingerprint density at radius 3 is 2.40 bits per heavy atom. The third-order valence-corrected chi connectivity index (χ3v) is 1.72. The Morgan fingerprint density at radius 2 is 1.93 bits per heavy atom. The molecule has 1 unspecified atom stereocenters. The van der Waals surface area contributed by atoms with Gasteiger partial charge in [-0.1, -0.05) is 18.2 Å². The number of primary amides is 1. The molecule has 3 N–H and O–H groups in total. The number of nitriles is 1. The predicted molar refractivity (Wildman–Crippen MR) is 53.4 cm³/mol. The van der Waals surface area contributed by atoms with Crippen molar-refractivity contribution in [2.24, 2.45) is 11.7 Å². The highest BCUT2D eigenvalue weighted by Crippen LogP contribution is 2.07. The number of anilines is 1. The summed E-state index contributed by atoms with van der Waals surface area (Å²) in [6.07, 6.45) is 0. The molecule has 0 bridgehead atoms. The summed E-state index contributed by atoms with van der Waals surface area (Å²) in [5.41, 5.74) is 5.40. The molecule has 2 amide bonds. The number of rotatable bonds is 3. The molecule has 0 spiro atoms. The number of hydrogen-bond donors (Lipinski definition) is 2. The van der Waals surface area contributed by atoms with Crippen LogP contribution < -0.4 is 11.1 Å². The maximum Gasteiger partial charge on any atom is 0.251 e. The van der Waals surface area contributed by atoms with Crippen LogP contribution in [0.3, 0.4) is 0 Å². The Kier molecular flexibility index (Phi) is 3.41. The van der Waals surface area contributed by atoms with E-state index in [4.69, 9.17) is 11.0 Å². The Labute approximate surface area is 86.5 Å². The summed E-state index contributed by atoms with van der Waals surface area (Å²) in [5, 5.41) is 10.9. The summed E-state index contributed by atoms with van der Waals surface area (Å²) in [6, 6.07) is 10.1. The molecule has 0 aliphatic carbocycles. The summed E-state index contributed by atoms with van der Waals surface area (Å²) < 4.78 is 0. The maximum atomic E-state index is 11.4. The second-order valence-corrected chi connectivity index (χ2v) is 2.82. The predicted octanol–water partition coefficient (Wildman–Crippen LogP) is 0.250. The molecule has 76 valence electrons. The van der Waals surface area contributed by atoms with Crippen molar-refractivity contribution in [3.05, 3.63) is 30.3 Å². The monoisotopic (exact) mass is 203 g/mol. The molecule has 1 rings (SSSR count). The van der Waals surface area contributed by atoms with Crippen LogP contribution >= 0.6 is 0 Å². The lowest BCUT2D eigenvalue weighted by atomic mass is 10.1. The summed E-state index contributed by atoms with van der Waals surface area (Å²) >= 11 is 0. The van der Waals surface area contributed by atoms with Gasteiger partial charge in [0.05, 0.1) is 6.07 Å². The van der Waals surface area contributed by atoms with Gasteiger partial charge in [0.1, 0.15) is 0 Å². The van der Waals surface area contributed by atoms with E-state index in [0.717, 1.165) is 0 Å². The number of amides is 2. The lowest BCUT2D eigenvalue weighted by Gasteiger charge is -2.06. The van der Waals surface area contributed by atoms with Crippen molar-refractivity contribution in [3.63, 3.8) is 0 Å². The van der Waals surface area contributed by atoms with Gasteiger partial charge in [-0.15, -0.1) is 0 Å². The van der Waals surface area contributed by atoms with E-state index in [-0.39, 0.29) is 0 Å². The molecule has 0 radical (unpaired) electrons. The van der Waals surface area contributed by atoms with Crippen molar-refractivity contribution < 1.29 is 9.59 Å². The summed E-state index contributed by atoms with van der Waals surface area (Å²) in [7, 11) is 0. The number of nitrogens with two attached hydrogens (primary N) is 1. The van der Waals surface area contributed by atoms with Crippen LogP contribution in [0, 0.1) is 17.2 Å². The van der Waals surface area contributed by atoms with Gasteiger partial charge in [0, 0.05) is 5.69 Å². The van der Waals surface area contributed by atoms with E-state index in [1.165, 1.54) is 6.07 Å². The summed E-state index contributed by atoms with van der Waals surface area (Å²) in [5.74, 6) is -3.12. The maximum absolute atomic E-state index is 11.4. The van der Waals surface area contributed by atoms with E-state index in [1.807, 2.05) is 0 Å². The van der Waals surface area contributed by atoms with Gasteiger partial charge in [-0.3, -0.25) is 9.59 Å². The molecule has 0 fully saturated rings. The minimum Gasteiger partial charge on any atom is -0.368 e. The van der Waals surface area contributed by atoms with Crippen LogP contribution in [0.4, 0.5) is 5.69 Å². The minimum atomic E-state index is -1.45. The Morgan fingerprint density at radius 1 is 1.33 bits per heavy atom. The first-order chi connectivity index (χ1) is 7.15. The summed E-state index contributed by atoms with van der Waals surface area (Å²) in [4.78, 5) is 22.1. The molecule has 0 aliphatic rings. The average molecular weight is 203 g/mol. The number of carbonyl (C=O) groups excluding carboxylic acids is 2. The number of benzene rings is 1. The second kappa shape index (κ2) is 4.77. The van der Waals surface area contributed by atoms with Crippen molar-refractivity contribution in [1.29, 1.82) is 5.26 Å². The van der Waals surface area contributed by atoms with Gasteiger partial charge in [0.15, 0.2) is 0 Å². The fourth-order valence-electron chi connectivity index (χ4n) is 0.987. The van der Waals surface area contributed by atoms with Crippen molar-refractivity contribution in [1.82, 2.24) is 0 Å². The molecule has 0 saturated carbocycles. The molecule has 15 heavy (non-hydrogen) atoms. The molecule has 0 aliphatic heterocycles. The van der Waals surface area contributed by atoms with Gasteiger partial charge in [-0.05, 0) is 12.1 Å². The van der Waals surface area contributed by atoms with Crippen LogP contribution in [0.25, 0.3) is 0 Å². The lowest BCUT2D eigenvalue weighted by Crippen LogP contribution is -2.33. The van der Waals surface area contributed by atoms with Crippen molar-refractivity contribution in [3.8, 4) is 6.07 Å². The molecular weight excluding hydrogens is 194 g/mol. The number of carbonyl (C=O) groups is 2. The average Bonchev–Trinajstić information content (AvgIpc) is 2.19. The molecular formula is C10H9N3O2. The van der Waals surface area contributed by atoms with Crippen molar-refractivity contribution >= 4 is 17.5 Å². The van der Waals surface area contributed by atoms with Gasteiger partial charge in [-0.2, -0.15) is 5.26 Å². The standard InChI is InChI=1S/C10H9N3O2/c11-6-8(9(12)14)10(15)13-7-4-2-1-3-5-7/h1-5,8H,(H2,12,14)(H,13,15). The van der Waals surface area contributed by atoms with Gasteiger partial charge in [0.2, 0.25) is 11.8 Å². The third-order valence-electron chi connectivity index (χ3n) is 1.72. The molecule has 1 atom stereocenters. The quantitative estimate of drug-likeness (QED) is 0.689. The van der Waals surface area contributed by atoms with Gasteiger partial charge < -0.3 is 11.1 Å². The van der Waals surface area contributed by atoms with Crippen LogP contribution in [0.5, 0.6) is 0 Å². The molecule has 5 heteroatoms. The van der Waals surface area contributed by atoms with E-state index in [0.29, 0.717) is 5.69 Å². The van der Waals surface area contributed by atoms with Gasteiger partial charge in [-0.25, -0.2) is 0 Å². The first kappa shape index (κ1) is 10.7. The van der Waals surface area contributed by atoms with Crippen LogP contribution in [0.2, 0.25) is 0 Å². The Hall–Kier alpha value is -2.35. The Bertz CT molecular complexity index is 408. The number of nitrogens with one attached hydrogen (secondary N) is 1. The topological polar surface area (TPSA) is 96.0 Å². The van der Waals surface area contributed by atoms with Gasteiger partial charge in [0.25, 0.3) is 5.91 Å². The number of hydrogen-bond acceptors (Lipinski definition) is 3. The normalized spacial score (nSPS) is 11.1. The van der Waals surface area contributed by atoms with Crippen LogP contribution in [0.1, 0.15) is 0 Å². The largest absolute Gasteiger partial charge is 0.368 e. The molecule has 5 nitrogen and oxygen atoms in total. The first-order valence-electron chi connectivity index (χ1n) is 4.20. The summed E-state index contributed by atoms with van der Waals surface area (Å²) in [6.45, 7) is 0. The zero-order chi connectivity index (χ0) is 11.3. The van der Waals surface area contributed by atoms with E-state index >= 15 is 0 Å². The van der Waals surface area contributed by atoms with Crippen LogP contribution in [-0.2, 0) is 9.59 Å². The second-order valence-electron chi connectivity index (χ2n) is 2.82. The molecule has 0 heterocycles. The molecule has 1 aromatic carbocycles. The SMILES string of the molecule is N#CC(C(N)=O)C(=O)Nc1ccccc1. The third kappa shape index (κ3) is 2.81. The number of para-hydroxylation sites is 1. The highest BCUT2D eigenvalue weighted by molar-refractivity contribution is 6.08. The minimum absolute atomic E-state index is 0.518. The van der Waals surface area contributed by atoms with Gasteiger partial charge >= 0.3 is 0 Å². The molecule has 0 aromatic heterocycles.